The van der Waals surface area contributed by atoms with Gasteiger partial charge in [-0.05, 0) is 37.6 Å². The van der Waals surface area contributed by atoms with Gasteiger partial charge in [0.2, 0.25) is 0 Å². The summed E-state index contributed by atoms with van der Waals surface area (Å²) in [6, 6.07) is 4.19. The fourth-order valence-electron chi connectivity index (χ4n) is 2.24. The molecule has 1 aromatic rings. The van der Waals surface area contributed by atoms with Gasteiger partial charge in [-0.25, -0.2) is 0 Å². The minimum absolute atomic E-state index is 0.840. The Morgan fingerprint density at radius 1 is 1.44 bits per heavy atom. The standard InChI is InChI=1S/C13H22N2O/c1-3-14-8-12-4-5-13(16-12)10-15-7-6-11(2)9-15/h4-5,11,14H,3,6-10H2,1-2H3. The van der Waals surface area contributed by atoms with Crippen molar-refractivity contribution >= 4 is 0 Å². The molecule has 0 amide bonds. The molecular formula is C13H22N2O. The van der Waals surface area contributed by atoms with E-state index in [0.717, 1.165) is 37.1 Å². The van der Waals surface area contributed by atoms with Crippen LogP contribution in [0.25, 0.3) is 0 Å². The molecule has 16 heavy (non-hydrogen) atoms. The molecule has 1 aliphatic heterocycles. The maximum atomic E-state index is 5.78. The van der Waals surface area contributed by atoms with Crippen molar-refractivity contribution in [2.75, 3.05) is 19.6 Å². The van der Waals surface area contributed by atoms with Crippen molar-refractivity contribution in [1.82, 2.24) is 10.2 Å². The van der Waals surface area contributed by atoms with Gasteiger partial charge in [0, 0.05) is 6.54 Å². The van der Waals surface area contributed by atoms with Crippen LogP contribution in [-0.2, 0) is 13.1 Å². The van der Waals surface area contributed by atoms with Crippen LogP contribution in [-0.4, -0.2) is 24.5 Å². The molecule has 2 rings (SSSR count). The highest BCUT2D eigenvalue weighted by molar-refractivity contribution is 5.07. The average molecular weight is 222 g/mol. The van der Waals surface area contributed by atoms with E-state index in [0.29, 0.717) is 0 Å². The minimum atomic E-state index is 0.840. The maximum Gasteiger partial charge on any atom is 0.118 e. The zero-order chi connectivity index (χ0) is 11.4. The third kappa shape index (κ3) is 3.09. The Morgan fingerprint density at radius 3 is 2.94 bits per heavy atom. The molecule has 3 heteroatoms. The molecule has 3 nitrogen and oxygen atoms in total. The van der Waals surface area contributed by atoms with Gasteiger partial charge in [-0.1, -0.05) is 13.8 Å². The Balaban J connectivity index is 1.83. The first-order valence-corrected chi connectivity index (χ1v) is 6.28. The van der Waals surface area contributed by atoms with Gasteiger partial charge in [-0.3, -0.25) is 4.90 Å². The van der Waals surface area contributed by atoms with Crippen LogP contribution < -0.4 is 5.32 Å². The van der Waals surface area contributed by atoms with Crippen molar-refractivity contribution in [3.05, 3.63) is 23.7 Å². The number of nitrogens with one attached hydrogen (secondary N) is 1. The van der Waals surface area contributed by atoms with Crippen LogP contribution in [0.3, 0.4) is 0 Å². The van der Waals surface area contributed by atoms with Gasteiger partial charge < -0.3 is 9.73 Å². The van der Waals surface area contributed by atoms with Gasteiger partial charge in [0.15, 0.2) is 0 Å². The quantitative estimate of drug-likeness (QED) is 0.828. The Morgan fingerprint density at radius 2 is 2.25 bits per heavy atom. The van der Waals surface area contributed by atoms with Gasteiger partial charge in [0.25, 0.3) is 0 Å². The summed E-state index contributed by atoms with van der Waals surface area (Å²) in [6.45, 7) is 9.64. The lowest BCUT2D eigenvalue weighted by Crippen LogP contribution is -2.19. The molecular weight excluding hydrogens is 200 g/mol. The molecule has 1 aliphatic rings. The highest BCUT2D eigenvalue weighted by Crippen LogP contribution is 2.18. The number of hydrogen-bond donors (Lipinski definition) is 1. The molecule has 0 aromatic carbocycles. The lowest BCUT2D eigenvalue weighted by molar-refractivity contribution is 0.284. The molecule has 0 saturated carbocycles. The van der Waals surface area contributed by atoms with Gasteiger partial charge in [-0.2, -0.15) is 0 Å². The third-order valence-electron chi connectivity index (χ3n) is 3.15. The van der Waals surface area contributed by atoms with E-state index in [2.05, 4.69) is 36.2 Å². The highest BCUT2D eigenvalue weighted by Gasteiger charge is 2.19. The Hall–Kier alpha value is -0.800. The van der Waals surface area contributed by atoms with Crippen LogP contribution in [0.5, 0.6) is 0 Å². The van der Waals surface area contributed by atoms with Crippen molar-refractivity contribution in [3.63, 3.8) is 0 Å². The molecule has 1 aromatic heterocycles. The Kier molecular flexibility index (Phi) is 4.02. The lowest BCUT2D eigenvalue weighted by Gasteiger charge is -2.12. The predicted molar refractivity (Wildman–Crippen MR) is 65.1 cm³/mol. The first-order valence-electron chi connectivity index (χ1n) is 6.28. The van der Waals surface area contributed by atoms with Crippen LogP contribution in [0, 0.1) is 5.92 Å². The summed E-state index contributed by atoms with van der Waals surface area (Å²) in [7, 11) is 0. The molecule has 1 saturated heterocycles. The fraction of sp³-hybridized carbons (Fsp3) is 0.692. The highest BCUT2D eigenvalue weighted by atomic mass is 16.3. The average Bonchev–Trinajstić information content (AvgIpc) is 2.86. The van der Waals surface area contributed by atoms with E-state index in [1.54, 1.807) is 0 Å². The van der Waals surface area contributed by atoms with Crippen molar-refractivity contribution < 1.29 is 4.42 Å². The number of hydrogen-bond acceptors (Lipinski definition) is 3. The molecule has 1 N–H and O–H groups in total. The van der Waals surface area contributed by atoms with E-state index in [9.17, 15) is 0 Å². The Labute approximate surface area is 97.8 Å². The molecule has 0 radical (unpaired) electrons. The van der Waals surface area contributed by atoms with E-state index in [-0.39, 0.29) is 0 Å². The SMILES string of the molecule is CCNCc1ccc(CN2CCC(C)C2)o1. The molecule has 1 unspecified atom stereocenters. The second-order valence-electron chi connectivity index (χ2n) is 4.78. The van der Waals surface area contributed by atoms with Crippen LogP contribution in [0.4, 0.5) is 0 Å². The van der Waals surface area contributed by atoms with E-state index < -0.39 is 0 Å². The molecule has 1 fully saturated rings. The normalized spacial score (nSPS) is 21.8. The maximum absolute atomic E-state index is 5.78. The van der Waals surface area contributed by atoms with Crippen molar-refractivity contribution in [2.24, 2.45) is 5.92 Å². The van der Waals surface area contributed by atoms with Gasteiger partial charge in [0.1, 0.15) is 11.5 Å². The molecule has 0 aliphatic carbocycles. The third-order valence-corrected chi connectivity index (χ3v) is 3.15. The number of likely N-dealkylation sites (tertiary alicyclic amines) is 1. The first-order chi connectivity index (χ1) is 7.78. The van der Waals surface area contributed by atoms with Crippen LogP contribution >= 0.6 is 0 Å². The smallest absolute Gasteiger partial charge is 0.118 e. The van der Waals surface area contributed by atoms with Crippen molar-refractivity contribution in [1.29, 1.82) is 0 Å². The van der Waals surface area contributed by atoms with Crippen LogP contribution in [0.1, 0.15) is 31.8 Å². The zero-order valence-corrected chi connectivity index (χ0v) is 10.3. The minimum Gasteiger partial charge on any atom is -0.463 e. The van der Waals surface area contributed by atoms with E-state index >= 15 is 0 Å². The summed E-state index contributed by atoms with van der Waals surface area (Å²) in [4.78, 5) is 2.47. The monoisotopic (exact) mass is 222 g/mol. The second kappa shape index (κ2) is 5.51. The summed E-state index contributed by atoms with van der Waals surface area (Å²) in [6.07, 6.45) is 1.32. The Bertz CT molecular complexity index is 321. The topological polar surface area (TPSA) is 28.4 Å². The van der Waals surface area contributed by atoms with E-state index in [4.69, 9.17) is 4.42 Å². The van der Waals surface area contributed by atoms with E-state index in [1.165, 1.54) is 19.5 Å². The van der Waals surface area contributed by atoms with Gasteiger partial charge in [-0.15, -0.1) is 0 Å². The van der Waals surface area contributed by atoms with Crippen LogP contribution in [0.15, 0.2) is 16.5 Å². The fourth-order valence-corrected chi connectivity index (χ4v) is 2.24. The molecule has 0 bridgehead atoms. The largest absolute Gasteiger partial charge is 0.463 e. The summed E-state index contributed by atoms with van der Waals surface area (Å²) in [5, 5.41) is 3.27. The molecule has 2 heterocycles. The number of furan rings is 1. The number of rotatable bonds is 5. The number of nitrogens with zero attached hydrogens (tertiary/aromatic N) is 1. The summed E-state index contributed by atoms with van der Waals surface area (Å²) >= 11 is 0. The summed E-state index contributed by atoms with van der Waals surface area (Å²) in [5.74, 6) is 2.99. The van der Waals surface area contributed by atoms with E-state index in [1.807, 2.05) is 0 Å². The summed E-state index contributed by atoms with van der Waals surface area (Å²) in [5.41, 5.74) is 0. The lowest BCUT2D eigenvalue weighted by atomic mass is 10.2. The van der Waals surface area contributed by atoms with Crippen molar-refractivity contribution in [2.45, 2.75) is 33.4 Å². The first kappa shape index (κ1) is 11.7. The second-order valence-corrected chi connectivity index (χ2v) is 4.78. The molecule has 90 valence electrons. The zero-order valence-electron chi connectivity index (χ0n) is 10.3. The predicted octanol–water partition coefficient (Wildman–Crippen LogP) is 2.23. The van der Waals surface area contributed by atoms with Crippen molar-refractivity contribution in [3.8, 4) is 0 Å². The molecule has 1 atom stereocenters. The van der Waals surface area contributed by atoms with Crippen LogP contribution in [0.2, 0.25) is 0 Å². The van der Waals surface area contributed by atoms with Gasteiger partial charge >= 0.3 is 0 Å². The molecule has 0 spiro atoms. The van der Waals surface area contributed by atoms with Gasteiger partial charge in [0.05, 0.1) is 13.1 Å². The summed E-state index contributed by atoms with van der Waals surface area (Å²) < 4.78 is 5.78.